The lowest BCUT2D eigenvalue weighted by atomic mass is 10.1. The molecule has 11 heteroatoms. The number of amides is 1. The van der Waals surface area contributed by atoms with Crippen LogP contribution in [0, 0.1) is 0 Å². The van der Waals surface area contributed by atoms with E-state index in [9.17, 15) is 18.0 Å². The van der Waals surface area contributed by atoms with Gasteiger partial charge in [0.2, 0.25) is 5.91 Å². The third-order valence-corrected chi connectivity index (χ3v) is 7.00. The molecule has 0 atom stereocenters. The number of benzene rings is 2. The van der Waals surface area contributed by atoms with Crippen LogP contribution in [0.2, 0.25) is 10.0 Å². The molecule has 5 nitrogen and oxygen atoms in total. The molecule has 3 aromatic rings. The molecule has 1 N–H and O–H groups in total. The molecule has 194 valence electrons. The summed E-state index contributed by atoms with van der Waals surface area (Å²) in [7, 11) is 0. The number of alkyl halides is 3. The van der Waals surface area contributed by atoms with E-state index in [0.717, 1.165) is 43.0 Å². The lowest BCUT2D eigenvalue weighted by Gasteiger charge is -2.12. The Balaban J connectivity index is 1.70. The summed E-state index contributed by atoms with van der Waals surface area (Å²) in [6, 6.07) is 10.1. The van der Waals surface area contributed by atoms with Gasteiger partial charge in [-0.3, -0.25) is 4.79 Å². The fourth-order valence-corrected chi connectivity index (χ4v) is 4.63. The lowest BCUT2D eigenvalue weighted by molar-refractivity contribution is -0.137. The summed E-state index contributed by atoms with van der Waals surface area (Å²) in [6.07, 6.45) is 2.20. The molecule has 0 aliphatic heterocycles. The minimum Gasteiger partial charge on any atom is -0.324 e. The van der Waals surface area contributed by atoms with Crippen LogP contribution in [0.25, 0.3) is 11.4 Å². The molecule has 36 heavy (non-hydrogen) atoms. The van der Waals surface area contributed by atoms with E-state index in [1.807, 2.05) is 16.7 Å². The summed E-state index contributed by atoms with van der Waals surface area (Å²) in [6.45, 7) is 2.86. The molecule has 0 saturated carbocycles. The van der Waals surface area contributed by atoms with Crippen molar-refractivity contribution in [1.82, 2.24) is 14.8 Å². The van der Waals surface area contributed by atoms with Gasteiger partial charge in [-0.1, -0.05) is 74.0 Å². The number of hydrogen-bond acceptors (Lipinski definition) is 4. The van der Waals surface area contributed by atoms with Gasteiger partial charge in [0, 0.05) is 17.1 Å². The number of nitrogens with zero attached hydrogens (tertiary/aromatic N) is 3. The molecule has 0 saturated heterocycles. The van der Waals surface area contributed by atoms with E-state index in [2.05, 4.69) is 22.4 Å². The van der Waals surface area contributed by atoms with Crippen molar-refractivity contribution in [3.8, 4) is 11.4 Å². The average molecular weight is 559 g/mol. The number of halogens is 5. The highest BCUT2D eigenvalue weighted by molar-refractivity contribution is 7.99. The van der Waals surface area contributed by atoms with Crippen LogP contribution >= 0.6 is 35.0 Å². The lowest BCUT2D eigenvalue weighted by Crippen LogP contribution is -2.16. The van der Waals surface area contributed by atoms with Gasteiger partial charge in [0.15, 0.2) is 11.0 Å². The second-order valence-electron chi connectivity index (χ2n) is 8.26. The SMILES string of the molecule is CCCCCCCCn1c(SCC(=O)Nc2cc(C(F)(F)F)ccc2Cl)nnc1-c1ccc(Cl)cc1. The van der Waals surface area contributed by atoms with Crippen molar-refractivity contribution in [2.24, 2.45) is 0 Å². The summed E-state index contributed by atoms with van der Waals surface area (Å²) < 4.78 is 41.0. The van der Waals surface area contributed by atoms with Crippen LogP contribution in [0.3, 0.4) is 0 Å². The molecule has 0 unspecified atom stereocenters. The molecule has 1 heterocycles. The number of nitrogens with one attached hydrogen (secondary N) is 1. The van der Waals surface area contributed by atoms with E-state index in [4.69, 9.17) is 23.2 Å². The molecule has 0 bridgehead atoms. The Morgan fingerprint density at radius 1 is 1.00 bits per heavy atom. The maximum Gasteiger partial charge on any atom is 0.416 e. The predicted molar refractivity (Wildman–Crippen MR) is 140 cm³/mol. The Morgan fingerprint density at radius 2 is 1.69 bits per heavy atom. The molecular weight excluding hydrogens is 532 g/mol. The van der Waals surface area contributed by atoms with Crippen molar-refractivity contribution in [1.29, 1.82) is 0 Å². The van der Waals surface area contributed by atoms with Crippen LogP contribution in [0.5, 0.6) is 0 Å². The summed E-state index contributed by atoms with van der Waals surface area (Å²) in [5.74, 6) is 0.106. The third kappa shape index (κ3) is 8.15. The monoisotopic (exact) mass is 558 g/mol. The van der Waals surface area contributed by atoms with Crippen LogP contribution in [0.15, 0.2) is 47.6 Å². The number of thioether (sulfide) groups is 1. The van der Waals surface area contributed by atoms with Gasteiger partial charge >= 0.3 is 6.18 Å². The van der Waals surface area contributed by atoms with Crippen LogP contribution in [0.1, 0.15) is 51.0 Å². The Labute approximate surface area is 222 Å². The Morgan fingerprint density at radius 3 is 2.39 bits per heavy atom. The topological polar surface area (TPSA) is 59.8 Å². The van der Waals surface area contributed by atoms with Crippen molar-refractivity contribution in [3.63, 3.8) is 0 Å². The van der Waals surface area contributed by atoms with E-state index in [0.29, 0.717) is 22.5 Å². The van der Waals surface area contributed by atoms with Gasteiger partial charge < -0.3 is 9.88 Å². The minimum absolute atomic E-state index is 0.0256. The zero-order chi connectivity index (χ0) is 26.1. The molecule has 1 aromatic heterocycles. The first-order valence-corrected chi connectivity index (χ1v) is 13.4. The number of carbonyl (C=O) groups is 1. The first-order valence-electron chi connectivity index (χ1n) is 11.7. The first kappa shape index (κ1) is 28.3. The number of aromatic nitrogens is 3. The molecule has 2 aromatic carbocycles. The second kappa shape index (κ2) is 13.4. The first-order chi connectivity index (χ1) is 17.2. The Hall–Kier alpha value is -2.23. The molecule has 0 fully saturated rings. The van der Waals surface area contributed by atoms with Gasteiger partial charge in [-0.05, 0) is 48.9 Å². The molecule has 0 aliphatic carbocycles. The normalized spacial score (nSPS) is 11.6. The van der Waals surface area contributed by atoms with E-state index >= 15 is 0 Å². The minimum atomic E-state index is -4.54. The highest BCUT2D eigenvalue weighted by Gasteiger charge is 2.31. The van der Waals surface area contributed by atoms with Crippen molar-refractivity contribution < 1.29 is 18.0 Å². The van der Waals surface area contributed by atoms with Crippen molar-refractivity contribution >= 4 is 46.6 Å². The maximum atomic E-state index is 13.0. The smallest absolute Gasteiger partial charge is 0.324 e. The van der Waals surface area contributed by atoms with E-state index in [1.165, 1.54) is 31.0 Å². The highest BCUT2D eigenvalue weighted by atomic mass is 35.5. The number of unbranched alkanes of at least 4 members (excludes halogenated alkanes) is 5. The molecule has 0 spiro atoms. The summed E-state index contributed by atoms with van der Waals surface area (Å²) in [4.78, 5) is 12.5. The van der Waals surface area contributed by atoms with Crippen molar-refractivity contribution in [3.05, 3.63) is 58.1 Å². The van der Waals surface area contributed by atoms with Gasteiger partial charge in [0.25, 0.3) is 0 Å². The van der Waals surface area contributed by atoms with Crippen LogP contribution in [0.4, 0.5) is 18.9 Å². The molecule has 1 amide bonds. The largest absolute Gasteiger partial charge is 0.416 e. The zero-order valence-corrected chi connectivity index (χ0v) is 22.1. The van der Waals surface area contributed by atoms with Crippen LogP contribution < -0.4 is 5.32 Å². The van der Waals surface area contributed by atoms with E-state index in [1.54, 1.807) is 12.1 Å². The summed E-state index contributed by atoms with van der Waals surface area (Å²) in [5.41, 5.74) is -0.126. The van der Waals surface area contributed by atoms with Gasteiger partial charge in [0.1, 0.15) is 0 Å². The molecule has 0 aliphatic rings. The van der Waals surface area contributed by atoms with Gasteiger partial charge in [-0.2, -0.15) is 13.2 Å². The molecular formula is C25H27Cl2F3N4OS. The van der Waals surface area contributed by atoms with Crippen LogP contribution in [-0.2, 0) is 17.5 Å². The van der Waals surface area contributed by atoms with E-state index in [-0.39, 0.29) is 16.5 Å². The van der Waals surface area contributed by atoms with Gasteiger partial charge in [-0.15, -0.1) is 10.2 Å². The average Bonchev–Trinajstić information content (AvgIpc) is 3.23. The summed E-state index contributed by atoms with van der Waals surface area (Å²) >= 11 is 13.2. The number of hydrogen-bond donors (Lipinski definition) is 1. The number of carbonyl (C=O) groups excluding carboxylic acids is 1. The Kier molecular flexibility index (Phi) is 10.5. The standard InChI is InChI=1S/C25H27Cl2F3N4OS/c1-2-3-4-5-6-7-14-34-23(17-8-11-19(26)12-9-17)32-33-24(34)36-16-22(35)31-21-15-18(25(28,29)30)10-13-20(21)27/h8-13,15H,2-7,14,16H2,1H3,(H,31,35). The molecule has 0 radical (unpaired) electrons. The van der Waals surface area contributed by atoms with Crippen molar-refractivity contribution in [2.45, 2.75) is 63.3 Å². The third-order valence-electron chi connectivity index (χ3n) is 5.45. The van der Waals surface area contributed by atoms with E-state index < -0.39 is 17.6 Å². The Bertz CT molecular complexity index is 1150. The second-order valence-corrected chi connectivity index (χ2v) is 10.0. The predicted octanol–water partition coefficient (Wildman–Crippen LogP) is 8.36. The number of anilines is 1. The highest BCUT2D eigenvalue weighted by Crippen LogP contribution is 2.34. The summed E-state index contributed by atoms with van der Waals surface area (Å²) in [5, 5.41) is 12.3. The van der Waals surface area contributed by atoms with Gasteiger partial charge in [-0.25, -0.2) is 0 Å². The van der Waals surface area contributed by atoms with Gasteiger partial charge in [0.05, 0.1) is 22.0 Å². The zero-order valence-electron chi connectivity index (χ0n) is 19.7. The fourth-order valence-electron chi connectivity index (χ4n) is 3.57. The maximum absolute atomic E-state index is 13.0. The molecule has 3 rings (SSSR count). The van der Waals surface area contributed by atoms with Crippen molar-refractivity contribution in [2.75, 3.05) is 11.1 Å². The number of rotatable bonds is 12. The quantitative estimate of drug-likeness (QED) is 0.179. The fraction of sp³-hybridized carbons (Fsp3) is 0.400. The van der Waals surface area contributed by atoms with Crippen LogP contribution in [-0.4, -0.2) is 26.4 Å².